The monoisotopic (exact) mass is 309 g/mol. The minimum atomic E-state index is -0.637. The standard InChI is InChI=1S/C13H21N5O2.C2H6/c1-8-11(5-9(14)6-17-8)18(16)7-10(15)12(19)20-13(2,3)4;1-2/h5-7H,14-16H2,1-4H3;1-2H3/b10-7-;. The average Bonchev–Trinajstić information content (AvgIpc) is 2.41. The van der Waals surface area contributed by atoms with Gasteiger partial charge in [-0.15, -0.1) is 0 Å². The molecule has 0 saturated carbocycles. The second-order valence-electron chi connectivity index (χ2n) is 5.37. The van der Waals surface area contributed by atoms with Crippen molar-refractivity contribution >= 4 is 17.3 Å². The van der Waals surface area contributed by atoms with E-state index in [0.717, 1.165) is 0 Å². The van der Waals surface area contributed by atoms with E-state index in [-0.39, 0.29) is 5.70 Å². The molecule has 0 radical (unpaired) electrons. The summed E-state index contributed by atoms with van der Waals surface area (Å²) in [7, 11) is 0. The number of nitrogens with two attached hydrogens (primary N) is 3. The van der Waals surface area contributed by atoms with Crippen LogP contribution < -0.4 is 22.3 Å². The molecule has 0 aliphatic carbocycles. The number of carbonyl (C=O) groups excluding carboxylic acids is 1. The first-order chi connectivity index (χ1) is 10.1. The Labute approximate surface area is 132 Å². The first-order valence-electron chi connectivity index (χ1n) is 7.07. The number of aromatic nitrogens is 1. The van der Waals surface area contributed by atoms with Gasteiger partial charge in [0.25, 0.3) is 0 Å². The molecule has 0 aromatic carbocycles. The number of hydrazine groups is 1. The van der Waals surface area contributed by atoms with Gasteiger partial charge in [-0.3, -0.25) is 9.99 Å². The van der Waals surface area contributed by atoms with Crippen molar-refractivity contribution in [2.24, 2.45) is 11.6 Å². The quantitative estimate of drug-likeness (QED) is 0.337. The molecular formula is C15H27N5O2. The average molecular weight is 309 g/mol. The first-order valence-corrected chi connectivity index (χ1v) is 7.07. The van der Waals surface area contributed by atoms with Crippen molar-refractivity contribution in [2.75, 3.05) is 10.7 Å². The molecule has 7 nitrogen and oxygen atoms in total. The van der Waals surface area contributed by atoms with Crippen LogP contribution in [0, 0.1) is 6.92 Å². The second kappa shape index (κ2) is 8.23. The smallest absolute Gasteiger partial charge is 0.356 e. The molecule has 6 N–H and O–H groups in total. The Morgan fingerprint density at radius 1 is 1.36 bits per heavy atom. The normalized spacial score (nSPS) is 11.3. The highest BCUT2D eigenvalue weighted by Gasteiger charge is 2.19. The van der Waals surface area contributed by atoms with Crippen molar-refractivity contribution < 1.29 is 9.53 Å². The molecule has 1 heterocycles. The van der Waals surface area contributed by atoms with E-state index in [4.69, 9.17) is 22.0 Å². The summed E-state index contributed by atoms with van der Waals surface area (Å²) in [6.07, 6.45) is 2.80. The van der Waals surface area contributed by atoms with Gasteiger partial charge in [0.05, 0.1) is 29.5 Å². The lowest BCUT2D eigenvalue weighted by molar-refractivity contribution is -0.149. The molecular weight excluding hydrogens is 282 g/mol. The molecule has 0 fully saturated rings. The number of hydrogen-bond acceptors (Lipinski definition) is 7. The Morgan fingerprint density at radius 2 is 1.91 bits per heavy atom. The van der Waals surface area contributed by atoms with Gasteiger partial charge in [0.1, 0.15) is 11.3 Å². The minimum Gasteiger partial charge on any atom is -0.455 e. The summed E-state index contributed by atoms with van der Waals surface area (Å²) in [6, 6.07) is 1.64. The molecule has 1 aromatic heterocycles. The van der Waals surface area contributed by atoms with Gasteiger partial charge in [-0.05, 0) is 33.8 Å². The molecule has 7 heteroatoms. The molecule has 124 valence electrons. The van der Waals surface area contributed by atoms with E-state index >= 15 is 0 Å². The zero-order valence-corrected chi connectivity index (χ0v) is 14.2. The van der Waals surface area contributed by atoms with Gasteiger partial charge in [0, 0.05) is 0 Å². The molecule has 0 amide bonds. The van der Waals surface area contributed by atoms with Crippen molar-refractivity contribution in [3.63, 3.8) is 0 Å². The van der Waals surface area contributed by atoms with Crippen LogP contribution in [0.15, 0.2) is 24.2 Å². The Balaban J connectivity index is 0.00000211. The SMILES string of the molecule is CC.Cc1ncc(N)cc1N(N)/C=C(\N)C(=O)OC(C)(C)C. The number of esters is 1. The summed E-state index contributed by atoms with van der Waals surface area (Å²) < 4.78 is 5.14. The summed E-state index contributed by atoms with van der Waals surface area (Å²) in [6.45, 7) is 11.0. The maximum Gasteiger partial charge on any atom is 0.356 e. The van der Waals surface area contributed by atoms with Crippen LogP contribution in [0.1, 0.15) is 40.3 Å². The topological polar surface area (TPSA) is 120 Å². The summed E-state index contributed by atoms with van der Waals surface area (Å²) in [5, 5.41) is 1.19. The first kappa shape index (κ1) is 19.7. The zero-order chi connectivity index (χ0) is 17.5. The molecule has 1 aromatic rings. The van der Waals surface area contributed by atoms with Crippen LogP contribution in [0.25, 0.3) is 0 Å². The number of nitrogen functional groups attached to an aromatic ring is 1. The van der Waals surface area contributed by atoms with E-state index in [9.17, 15) is 4.79 Å². The Kier molecular flexibility index (Phi) is 7.38. The summed E-state index contributed by atoms with van der Waals surface area (Å²) in [4.78, 5) is 15.8. The fourth-order valence-electron chi connectivity index (χ4n) is 1.41. The molecule has 1 rings (SSSR count). The van der Waals surface area contributed by atoms with E-state index in [0.29, 0.717) is 17.1 Å². The third kappa shape index (κ3) is 6.45. The summed E-state index contributed by atoms with van der Waals surface area (Å²) in [5.74, 6) is 5.20. The number of anilines is 2. The number of rotatable bonds is 3. The lowest BCUT2D eigenvalue weighted by Crippen LogP contribution is -2.31. The van der Waals surface area contributed by atoms with E-state index in [1.807, 2.05) is 13.8 Å². The van der Waals surface area contributed by atoms with Crippen LogP contribution in [0.2, 0.25) is 0 Å². The lowest BCUT2D eigenvalue weighted by atomic mass is 10.2. The molecule has 22 heavy (non-hydrogen) atoms. The zero-order valence-electron chi connectivity index (χ0n) is 14.2. The van der Waals surface area contributed by atoms with Gasteiger partial charge in [0.15, 0.2) is 0 Å². The maximum absolute atomic E-state index is 11.7. The van der Waals surface area contributed by atoms with Crippen LogP contribution in [0.3, 0.4) is 0 Å². The van der Waals surface area contributed by atoms with Crippen LogP contribution in [-0.2, 0) is 9.53 Å². The van der Waals surface area contributed by atoms with Gasteiger partial charge in [-0.2, -0.15) is 0 Å². The molecule has 0 aliphatic rings. The van der Waals surface area contributed by atoms with E-state index in [1.165, 1.54) is 17.4 Å². The highest BCUT2D eigenvalue weighted by molar-refractivity contribution is 5.88. The van der Waals surface area contributed by atoms with Gasteiger partial charge in [0.2, 0.25) is 0 Å². The third-order valence-corrected chi connectivity index (χ3v) is 2.27. The molecule has 0 aliphatic heterocycles. The van der Waals surface area contributed by atoms with Gasteiger partial charge in [-0.25, -0.2) is 10.6 Å². The van der Waals surface area contributed by atoms with Crippen molar-refractivity contribution in [3.05, 3.63) is 29.9 Å². The number of nitrogens with zero attached hydrogens (tertiary/aromatic N) is 2. The number of hydrogen-bond donors (Lipinski definition) is 3. The molecule has 0 atom stereocenters. The summed E-state index contributed by atoms with van der Waals surface area (Å²) in [5.41, 5.74) is 12.3. The predicted octanol–water partition coefficient (Wildman–Crippen LogP) is 1.82. The number of carbonyl (C=O) groups is 1. The third-order valence-electron chi connectivity index (χ3n) is 2.27. The second-order valence-corrected chi connectivity index (χ2v) is 5.37. The van der Waals surface area contributed by atoms with Crippen LogP contribution >= 0.6 is 0 Å². The number of pyridine rings is 1. The van der Waals surface area contributed by atoms with Crippen molar-refractivity contribution in [1.29, 1.82) is 0 Å². The fourth-order valence-corrected chi connectivity index (χ4v) is 1.41. The van der Waals surface area contributed by atoms with Gasteiger partial charge < -0.3 is 16.2 Å². The number of ether oxygens (including phenoxy) is 1. The minimum absolute atomic E-state index is 0.107. The Morgan fingerprint density at radius 3 is 2.41 bits per heavy atom. The maximum atomic E-state index is 11.7. The molecule has 0 spiro atoms. The van der Waals surface area contributed by atoms with E-state index < -0.39 is 11.6 Å². The molecule has 0 bridgehead atoms. The lowest BCUT2D eigenvalue weighted by Gasteiger charge is -2.21. The highest BCUT2D eigenvalue weighted by Crippen LogP contribution is 2.19. The number of aryl methyl sites for hydroxylation is 1. The fraction of sp³-hybridized carbons (Fsp3) is 0.467. The Hall–Kier alpha value is -2.28. The van der Waals surface area contributed by atoms with E-state index in [1.54, 1.807) is 33.8 Å². The van der Waals surface area contributed by atoms with E-state index in [2.05, 4.69) is 4.98 Å². The van der Waals surface area contributed by atoms with Crippen molar-refractivity contribution in [1.82, 2.24) is 4.98 Å². The van der Waals surface area contributed by atoms with Crippen LogP contribution in [0.5, 0.6) is 0 Å². The summed E-state index contributed by atoms with van der Waals surface area (Å²) >= 11 is 0. The highest BCUT2D eigenvalue weighted by atomic mass is 16.6. The predicted molar refractivity (Wildman–Crippen MR) is 89.5 cm³/mol. The molecule has 0 unspecified atom stereocenters. The van der Waals surface area contributed by atoms with Crippen LogP contribution in [0.4, 0.5) is 11.4 Å². The molecule has 0 saturated heterocycles. The largest absolute Gasteiger partial charge is 0.455 e. The van der Waals surface area contributed by atoms with Crippen molar-refractivity contribution in [2.45, 2.75) is 47.1 Å². The Bertz CT molecular complexity index is 535. The van der Waals surface area contributed by atoms with Gasteiger partial charge >= 0.3 is 5.97 Å². The van der Waals surface area contributed by atoms with Gasteiger partial charge in [-0.1, -0.05) is 13.8 Å². The van der Waals surface area contributed by atoms with Crippen molar-refractivity contribution in [3.8, 4) is 0 Å². The van der Waals surface area contributed by atoms with Crippen LogP contribution in [-0.4, -0.2) is 16.6 Å².